The fraction of sp³-hybridized carbons (Fsp3) is 0.100. The molecule has 0 amide bonds. The number of hydrogen-bond donors (Lipinski definition) is 2. The highest BCUT2D eigenvalue weighted by Gasteiger charge is 2.18. The third kappa shape index (κ3) is 2.49. The molecular formula is C10H11BrN4O2S. The van der Waals surface area contributed by atoms with Crippen LogP contribution in [-0.4, -0.2) is 18.2 Å². The third-order valence-electron chi connectivity index (χ3n) is 2.32. The van der Waals surface area contributed by atoms with Crippen molar-refractivity contribution in [1.29, 1.82) is 0 Å². The van der Waals surface area contributed by atoms with Crippen molar-refractivity contribution < 1.29 is 8.42 Å². The van der Waals surface area contributed by atoms with Crippen LogP contribution >= 0.6 is 15.9 Å². The summed E-state index contributed by atoms with van der Waals surface area (Å²) < 4.78 is 28.8. The molecule has 6 nitrogen and oxygen atoms in total. The van der Waals surface area contributed by atoms with Gasteiger partial charge in [0.1, 0.15) is 10.7 Å². The number of aromatic nitrogens is 2. The first kappa shape index (κ1) is 12.9. The van der Waals surface area contributed by atoms with Gasteiger partial charge in [-0.3, -0.25) is 9.40 Å². The second-order valence-electron chi connectivity index (χ2n) is 3.63. The average molecular weight is 331 g/mol. The maximum absolute atomic E-state index is 12.1. The Morgan fingerprint density at radius 2 is 2.11 bits per heavy atom. The number of halogens is 1. The topological polar surface area (TPSA) is 90.0 Å². The number of aryl methyl sites for hydroxylation is 1. The SMILES string of the molecule is Cn1nccc1NS(=O)(=O)c1ccc(Br)cc1N. The second kappa shape index (κ2) is 4.62. The van der Waals surface area contributed by atoms with Crippen LogP contribution in [0.1, 0.15) is 0 Å². The molecule has 1 heterocycles. The summed E-state index contributed by atoms with van der Waals surface area (Å²) in [6.07, 6.45) is 1.50. The van der Waals surface area contributed by atoms with E-state index in [0.717, 1.165) is 4.47 Å². The first-order valence-corrected chi connectivity index (χ1v) is 7.23. The Morgan fingerprint density at radius 3 is 2.67 bits per heavy atom. The number of nitrogens with one attached hydrogen (secondary N) is 1. The minimum absolute atomic E-state index is 0.0342. The highest BCUT2D eigenvalue weighted by Crippen LogP contribution is 2.24. The van der Waals surface area contributed by atoms with Crippen LogP contribution in [-0.2, 0) is 17.1 Å². The predicted molar refractivity (Wildman–Crippen MR) is 72.6 cm³/mol. The first-order chi connectivity index (χ1) is 8.40. The molecule has 0 saturated heterocycles. The summed E-state index contributed by atoms with van der Waals surface area (Å²) in [4.78, 5) is 0.0342. The number of nitrogens with two attached hydrogens (primary N) is 1. The summed E-state index contributed by atoms with van der Waals surface area (Å²) >= 11 is 3.23. The van der Waals surface area contributed by atoms with Crippen molar-refractivity contribution in [2.24, 2.45) is 7.05 Å². The maximum atomic E-state index is 12.1. The molecule has 2 rings (SSSR count). The molecule has 0 atom stereocenters. The van der Waals surface area contributed by atoms with E-state index in [2.05, 4.69) is 25.8 Å². The van der Waals surface area contributed by atoms with Gasteiger partial charge in [-0.2, -0.15) is 5.10 Å². The molecule has 0 bridgehead atoms. The fourth-order valence-corrected chi connectivity index (χ4v) is 3.01. The molecule has 2 aromatic rings. The van der Waals surface area contributed by atoms with Crippen molar-refractivity contribution in [3.8, 4) is 0 Å². The Labute approximate surface area is 113 Å². The lowest BCUT2D eigenvalue weighted by atomic mass is 10.3. The zero-order valence-corrected chi connectivity index (χ0v) is 11.9. The number of nitrogen functional groups attached to an aromatic ring is 1. The van der Waals surface area contributed by atoms with Gasteiger partial charge >= 0.3 is 0 Å². The van der Waals surface area contributed by atoms with Gasteiger partial charge in [-0.15, -0.1) is 0 Å². The van der Waals surface area contributed by atoms with Gasteiger partial charge in [0.15, 0.2) is 0 Å². The Kier molecular flexibility index (Phi) is 3.31. The lowest BCUT2D eigenvalue weighted by molar-refractivity contribution is 0.600. The van der Waals surface area contributed by atoms with Crippen LogP contribution in [0.4, 0.5) is 11.5 Å². The molecule has 96 valence electrons. The molecule has 1 aromatic carbocycles. The van der Waals surface area contributed by atoms with Crippen molar-refractivity contribution in [2.45, 2.75) is 4.90 Å². The van der Waals surface area contributed by atoms with Crippen LogP contribution in [0.15, 0.2) is 39.8 Å². The van der Waals surface area contributed by atoms with Gasteiger partial charge < -0.3 is 5.73 Å². The van der Waals surface area contributed by atoms with Crippen molar-refractivity contribution in [1.82, 2.24) is 9.78 Å². The zero-order chi connectivity index (χ0) is 13.3. The van der Waals surface area contributed by atoms with Crippen LogP contribution in [0, 0.1) is 0 Å². The number of nitrogens with zero attached hydrogens (tertiary/aromatic N) is 2. The molecule has 0 spiro atoms. The molecule has 8 heteroatoms. The summed E-state index contributed by atoms with van der Waals surface area (Å²) in [6, 6.07) is 6.16. The molecule has 0 radical (unpaired) electrons. The fourth-order valence-electron chi connectivity index (χ4n) is 1.43. The summed E-state index contributed by atoms with van der Waals surface area (Å²) in [5.74, 6) is 0.373. The minimum Gasteiger partial charge on any atom is -0.398 e. The van der Waals surface area contributed by atoms with Gasteiger partial charge in [0.25, 0.3) is 10.0 Å². The van der Waals surface area contributed by atoms with Crippen LogP contribution in [0.25, 0.3) is 0 Å². The number of hydrogen-bond acceptors (Lipinski definition) is 4. The molecule has 3 N–H and O–H groups in total. The molecule has 0 aliphatic rings. The standard InChI is InChI=1S/C10H11BrN4O2S/c1-15-10(4-5-13-15)14-18(16,17)9-3-2-7(11)6-8(9)12/h2-6,14H,12H2,1H3. The summed E-state index contributed by atoms with van der Waals surface area (Å²) in [7, 11) is -2.07. The smallest absolute Gasteiger partial charge is 0.265 e. The first-order valence-electron chi connectivity index (χ1n) is 4.96. The summed E-state index contributed by atoms with van der Waals surface area (Å²) in [6.45, 7) is 0. The van der Waals surface area contributed by atoms with E-state index in [1.54, 1.807) is 19.2 Å². The third-order valence-corrected chi connectivity index (χ3v) is 4.24. The number of anilines is 2. The van der Waals surface area contributed by atoms with Crippen LogP contribution in [0.2, 0.25) is 0 Å². The maximum Gasteiger partial charge on any atom is 0.265 e. The number of rotatable bonds is 3. The van der Waals surface area contributed by atoms with Gasteiger partial charge in [-0.05, 0) is 18.2 Å². The normalized spacial score (nSPS) is 11.4. The van der Waals surface area contributed by atoms with Gasteiger partial charge in [-0.1, -0.05) is 15.9 Å². The quantitative estimate of drug-likeness (QED) is 0.836. The van der Waals surface area contributed by atoms with Crippen molar-refractivity contribution in [2.75, 3.05) is 10.5 Å². The number of benzene rings is 1. The zero-order valence-electron chi connectivity index (χ0n) is 9.46. The number of sulfonamides is 1. The lowest BCUT2D eigenvalue weighted by Gasteiger charge is -2.10. The van der Waals surface area contributed by atoms with E-state index in [-0.39, 0.29) is 10.6 Å². The largest absolute Gasteiger partial charge is 0.398 e. The van der Waals surface area contributed by atoms with Gasteiger partial charge in [0, 0.05) is 17.6 Å². The van der Waals surface area contributed by atoms with E-state index in [4.69, 9.17) is 5.73 Å². The molecule has 0 fully saturated rings. The van der Waals surface area contributed by atoms with Crippen LogP contribution in [0.5, 0.6) is 0 Å². The van der Waals surface area contributed by atoms with Gasteiger partial charge in [0.05, 0.1) is 11.9 Å². The van der Waals surface area contributed by atoms with Crippen LogP contribution in [0.3, 0.4) is 0 Å². The Morgan fingerprint density at radius 1 is 1.39 bits per heavy atom. The van der Waals surface area contributed by atoms with Gasteiger partial charge in [0.2, 0.25) is 0 Å². The molecule has 18 heavy (non-hydrogen) atoms. The molecular weight excluding hydrogens is 320 g/mol. The molecule has 0 saturated carbocycles. The van der Waals surface area contributed by atoms with E-state index in [1.165, 1.54) is 23.0 Å². The Bertz CT molecular complexity index is 681. The molecule has 0 unspecified atom stereocenters. The van der Waals surface area contributed by atoms with Gasteiger partial charge in [-0.25, -0.2) is 8.42 Å². The van der Waals surface area contributed by atoms with E-state index in [1.807, 2.05) is 0 Å². The van der Waals surface area contributed by atoms with E-state index < -0.39 is 10.0 Å². The molecule has 1 aromatic heterocycles. The summed E-state index contributed by atoms with van der Waals surface area (Å²) in [5, 5.41) is 3.88. The van der Waals surface area contributed by atoms with Crippen molar-refractivity contribution in [3.05, 3.63) is 34.9 Å². The summed E-state index contributed by atoms with van der Waals surface area (Å²) in [5.41, 5.74) is 5.88. The van der Waals surface area contributed by atoms with E-state index in [0.29, 0.717) is 5.82 Å². The molecule has 0 aliphatic carbocycles. The highest BCUT2D eigenvalue weighted by atomic mass is 79.9. The van der Waals surface area contributed by atoms with E-state index >= 15 is 0 Å². The van der Waals surface area contributed by atoms with Crippen molar-refractivity contribution in [3.63, 3.8) is 0 Å². The Balaban J connectivity index is 2.40. The predicted octanol–water partition coefficient (Wildman–Crippen LogP) is 1.57. The van der Waals surface area contributed by atoms with E-state index in [9.17, 15) is 8.42 Å². The van der Waals surface area contributed by atoms with Crippen LogP contribution < -0.4 is 10.5 Å². The minimum atomic E-state index is -3.71. The van der Waals surface area contributed by atoms with Crippen molar-refractivity contribution >= 4 is 37.5 Å². The average Bonchev–Trinajstić information content (AvgIpc) is 2.63. The monoisotopic (exact) mass is 330 g/mol. The lowest BCUT2D eigenvalue weighted by Crippen LogP contribution is -2.16. The highest BCUT2D eigenvalue weighted by molar-refractivity contribution is 9.10. The Hall–Kier alpha value is -1.54. The second-order valence-corrected chi connectivity index (χ2v) is 6.19. The molecule has 0 aliphatic heterocycles.